The standard InChI is InChI=1S/C12H11ClN2OS/c13-11-3-1-2-4-12(11)15-17(16)10-7-5-9(14)6-8-10/h1-8,15H,14H2. The molecule has 2 aromatic rings. The van der Waals surface area contributed by atoms with Crippen LogP contribution in [0.25, 0.3) is 0 Å². The van der Waals surface area contributed by atoms with Gasteiger partial charge in [-0.2, -0.15) is 0 Å². The van der Waals surface area contributed by atoms with Crippen molar-refractivity contribution in [3.63, 3.8) is 0 Å². The maximum absolute atomic E-state index is 12.0. The van der Waals surface area contributed by atoms with E-state index in [1.807, 2.05) is 12.1 Å². The summed E-state index contributed by atoms with van der Waals surface area (Å²) in [4.78, 5) is 0.652. The molecule has 1 atom stereocenters. The van der Waals surface area contributed by atoms with Crippen LogP contribution in [0, 0.1) is 0 Å². The molecule has 0 aromatic heterocycles. The quantitative estimate of drug-likeness (QED) is 0.839. The van der Waals surface area contributed by atoms with Gasteiger partial charge in [0, 0.05) is 5.69 Å². The zero-order valence-electron chi connectivity index (χ0n) is 8.89. The zero-order chi connectivity index (χ0) is 12.3. The minimum absolute atomic E-state index is 0.538. The molecule has 0 heterocycles. The van der Waals surface area contributed by atoms with Crippen LogP contribution >= 0.6 is 11.6 Å². The molecule has 0 bridgehead atoms. The summed E-state index contributed by atoms with van der Waals surface area (Å²) in [6.45, 7) is 0. The average molecular weight is 267 g/mol. The van der Waals surface area contributed by atoms with E-state index in [1.165, 1.54) is 0 Å². The summed E-state index contributed by atoms with van der Waals surface area (Å²) >= 11 is 5.96. The van der Waals surface area contributed by atoms with Crippen LogP contribution in [0.5, 0.6) is 0 Å². The Bertz CT molecular complexity index is 542. The third kappa shape index (κ3) is 2.99. The van der Waals surface area contributed by atoms with E-state index in [9.17, 15) is 4.21 Å². The van der Waals surface area contributed by atoms with Gasteiger partial charge in [-0.1, -0.05) is 23.7 Å². The lowest BCUT2D eigenvalue weighted by Gasteiger charge is -2.07. The number of nitrogen functional groups attached to an aromatic ring is 1. The van der Waals surface area contributed by atoms with Gasteiger partial charge in [0.1, 0.15) is 11.0 Å². The molecule has 17 heavy (non-hydrogen) atoms. The van der Waals surface area contributed by atoms with Crippen molar-refractivity contribution in [3.8, 4) is 0 Å². The van der Waals surface area contributed by atoms with Crippen LogP contribution in [-0.4, -0.2) is 4.21 Å². The van der Waals surface area contributed by atoms with Crippen molar-refractivity contribution in [2.45, 2.75) is 4.90 Å². The molecule has 0 aliphatic heterocycles. The largest absolute Gasteiger partial charge is 0.399 e. The number of hydrogen-bond donors (Lipinski definition) is 2. The van der Waals surface area contributed by atoms with Crippen molar-refractivity contribution >= 4 is 34.0 Å². The summed E-state index contributed by atoms with van der Waals surface area (Å²) in [6, 6.07) is 14.0. The molecule has 0 saturated carbocycles. The Morgan fingerprint density at radius 3 is 2.35 bits per heavy atom. The van der Waals surface area contributed by atoms with Gasteiger partial charge in [0.15, 0.2) is 0 Å². The molecule has 3 nitrogen and oxygen atoms in total. The van der Waals surface area contributed by atoms with Crippen LogP contribution in [0.1, 0.15) is 0 Å². The monoisotopic (exact) mass is 266 g/mol. The highest BCUT2D eigenvalue weighted by Gasteiger charge is 2.05. The fourth-order valence-electron chi connectivity index (χ4n) is 1.29. The molecule has 1 unspecified atom stereocenters. The number of rotatable bonds is 3. The Morgan fingerprint density at radius 1 is 1.06 bits per heavy atom. The van der Waals surface area contributed by atoms with Crippen LogP contribution in [0.15, 0.2) is 53.4 Å². The number of nitrogens with one attached hydrogen (secondary N) is 1. The fourth-order valence-corrected chi connectivity index (χ4v) is 2.41. The summed E-state index contributed by atoms with van der Waals surface area (Å²) in [7, 11) is -1.34. The number of benzene rings is 2. The summed E-state index contributed by atoms with van der Waals surface area (Å²) in [5.74, 6) is 0. The predicted octanol–water partition coefficient (Wildman–Crippen LogP) is 3.06. The molecule has 0 radical (unpaired) electrons. The highest BCUT2D eigenvalue weighted by Crippen LogP contribution is 2.22. The molecule has 0 amide bonds. The topological polar surface area (TPSA) is 55.1 Å². The molecular formula is C12H11ClN2OS. The normalized spacial score (nSPS) is 12.1. The van der Waals surface area contributed by atoms with Gasteiger partial charge < -0.3 is 5.73 Å². The van der Waals surface area contributed by atoms with Crippen molar-refractivity contribution in [2.75, 3.05) is 10.5 Å². The van der Waals surface area contributed by atoms with Crippen LogP contribution in [0.2, 0.25) is 5.02 Å². The molecule has 0 aliphatic carbocycles. The first-order valence-electron chi connectivity index (χ1n) is 4.95. The van der Waals surface area contributed by atoms with E-state index < -0.39 is 11.0 Å². The highest BCUT2D eigenvalue weighted by molar-refractivity contribution is 7.86. The van der Waals surface area contributed by atoms with Gasteiger partial charge in [-0.3, -0.25) is 4.72 Å². The molecule has 0 aliphatic rings. The second-order valence-corrected chi connectivity index (χ2v) is 5.04. The second-order valence-electron chi connectivity index (χ2n) is 3.42. The van der Waals surface area contributed by atoms with Crippen molar-refractivity contribution in [1.29, 1.82) is 0 Å². The first-order valence-corrected chi connectivity index (χ1v) is 6.48. The number of hydrogen-bond acceptors (Lipinski definition) is 2. The maximum atomic E-state index is 12.0. The van der Waals surface area contributed by atoms with E-state index in [0.717, 1.165) is 0 Å². The minimum Gasteiger partial charge on any atom is -0.399 e. The van der Waals surface area contributed by atoms with Crippen molar-refractivity contribution in [3.05, 3.63) is 53.6 Å². The Morgan fingerprint density at radius 2 is 1.71 bits per heavy atom. The first kappa shape index (κ1) is 12.0. The minimum atomic E-state index is -1.34. The zero-order valence-corrected chi connectivity index (χ0v) is 10.5. The lowest BCUT2D eigenvalue weighted by atomic mass is 10.3. The van der Waals surface area contributed by atoms with Gasteiger partial charge >= 0.3 is 0 Å². The molecule has 5 heteroatoms. The third-order valence-electron chi connectivity index (χ3n) is 2.17. The van der Waals surface area contributed by atoms with Gasteiger partial charge in [0.25, 0.3) is 0 Å². The predicted molar refractivity (Wildman–Crippen MR) is 72.3 cm³/mol. The van der Waals surface area contributed by atoms with E-state index in [-0.39, 0.29) is 0 Å². The molecule has 0 spiro atoms. The van der Waals surface area contributed by atoms with Crippen molar-refractivity contribution < 1.29 is 4.21 Å². The van der Waals surface area contributed by atoms with E-state index in [4.69, 9.17) is 17.3 Å². The van der Waals surface area contributed by atoms with E-state index in [2.05, 4.69) is 4.72 Å². The molecule has 0 fully saturated rings. The third-order valence-corrected chi connectivity index (χ3v) is 3.61. The lowest BCUT2D eigenvalue weighted by Crippen LogP contribution is -2.05. The summed E-state index contributed by atoms with van der Waals surface area (Å²) in [5.41, 5.74) is 6.85. The Kier molecular flexibility index (Phi) is 3.66. The smallest absolute Gasteiger partial charge is 0.150 e. The number of anilines is 2. The van der Waals surface area contributed by atoms with Crippen LogP contribution < -0.4 is 10.5 Å². The summed E-state index contributed by atoms with van der Waals surface area (Å²) in [6.07, 6.45) is 0. The van der Waals surface area contributed by atoms with Gasteiger partial charge in [0.05, 0.1) is 15.6 Å². The van der Waals surface area contributed by atoms with Gasteiger partial charge in [0.2, 0.25) is 0 Å². The molecule has 2 rings (SSSR count). The Balaban J connectivity index is 2.17. The summed E-state index contributed by atoms with van der Waals surface area (Å²) in [5, 5.41) is 0.538. The average Bonchev–Trinajstić information content (AvgIpc) is 2.33. The van der Waals surface area contributed by atoms with Crippen LogP contribution in [0.4, 0.5) is 11.4 Å². The SMILES string of the molecule is Nc1ccc(S(=O)Nc2ccccc2Cl)cc1. The van der Waals surface area contributed by atoms with E-state index in [1.54, 1.807) is 36.4 Å². The fraction of sp³-hybridized carbons (Fsp3) is 0. The molecule has 88 valence electrons. The number of nitrogens with two attached hydrogens (primary N) is 1. The van der Waals surface area contributed by atoms with Gasteiger partial charge in [-0.15, -0.1) is 0 Å². The first-order chi connectivity index (χ1) is 8.16. The Hall–Kier alpha value is -1.52. The van der Waals surface area contributed by atoms with Crippen LogP contribution in [-0.2, 0) is 11.0 Å². The number of halogens is 1. The molecule has 2 aromatic carbocycles. The van der Waals surface area contributed by atoms with E-state index in [0.29, 0.717) is 21.3 Å². The molecular weight excluding hydrogens is 256 g/mol. The van der Waals surface area contributed by atoms with Crippen molar-refractivity contribution in [1.82, 2.24) is 0 Å². The van der Waals surface area contributed by atoms with Crippen molar-refractivity contribution in [2.24, 2.45) is 0 Å². The van der Waals surface area contributed by atoms with Gasteiger partial charge in [-0.25, -0.2) is 4.21 Å². The molecule has 3 N–H and O–H groups in total. The number of para-hydroxylation sites is 1. The van der Waals surface area contributed by atoms with Gasteiger partial charge in [-0.05, 0) is 36.4 Å². The second kappa shape index (κ2) is 5.21. The van der Waals surface area contributed by atoms with E-state index >= 15 is 0 Å². The van der Waals surface area contributed by atoms with Crippen LogP contribution in [0.3, 0.4) is 0 Å². The lowest BCUT2D eigenvalue weighted by molar-refractivity contribution is 0.686. The maximum Gasteiger partial charge on any atom is 0.150 e. The Labute approximate surface area is 107 Å². The highest BCUT2D eigenvalue weighted by atomic mass is 35.5. The summed E-state index contributed by atoms with van der Waals surface area (Å²) < 4.78 is 14.8. The molecule has 0 saturated heterocycles.